The Hall–Kier alpha value is -3.83. The Bertz CT molecular complexity index is 1740. The highest BCUT2D eigenvalue weighted by Gasteiger charge is 2.38. The second-order valence-corrected chi connectivity index (χ2v) is 11.6. The van der Waals surface area contributed by atoms with Gasteiger partial charge in [-0.25, -0.2) is 13.2 Å². The highest BCUT2D eigenvalue weighted by atomic mass is 32.1. The average molecular weight is 637 g/mol. The average Bonchev–Trinajstić information content (AvgIpc) is 3.67. The van der Waals surface area contributed by atoms with Crippen molar-refractivity contribution in [3.63, 3.8) is 0 Å². The molecular formula is C30H30F6N6OS. The van der Waals surface area contributed by atoms with Crippen LogP contribution in [0.5, 0.6) is 6.01 Å². The van der Waals surface area contributed by atoms with Gasteiger partial charge in [0.2, 0.25) is 0 Å². The third-order valence-electron chi connectivity index (χ3n) is 8.10. The molecule has 2 N–H and O–H groups in total. The number of ether oxygens (including phenoxy) is 1. The van der Waals surface area contributed by atoms with E-state index in [9.17, 15) is 27.2 Å². The molecule has 0 spiro atoms. The van der Waals surface area contributed by atoms with Gasteiger partial charge in [0.25, 0.3) is 0 Å². The second-order valence-electron chi connectivity index (χ2n) is 10.6. The molecule has 0 radical (unpaired) electrons. The van der Waals surface area contributed by atoms with Crippen molar-refractivity contribution in [1.29, 1.82) is 5.26 Å². The summed E-state index contributed by atoms with van der Waals surface area (Å²) in [7, 11) is 1.26. The topological polar surface area (TPSA) is 91.3 Å². The molecule has 2 unspecified atom stereocenters. The van der Waals surface area contributed by atoms with Crippen LogP contribution in [0.3, 0.4) is 0 Å². The minimum absolute atomic E-state index is 0.0783. The molecule has 6 rings (SSSR count). The summed E-state index contributed by atoms with van der Waals surface area (Å²) >= 11 is 0.704. The summed E-state index contributed by atoms with van der Waals surface area (Å²) in [6.07, 6.45) is -2.19. The van der Waals surface area contributed by atoms with Crippen molar-refractivity contribution in [2.75, 3.05) is 43.9 Å². The first-order valence-electron chi connectivity index (χ1n) is 14.1. The van der Waals surface area contributed by atoms with Gasteiger partial charge in [0.05, 0.1) is 22.9 Å². The Balaban J connectivity index is 0.000000361. The summed E-state index contributed by atoms with van der Waals surface area (Å²) in [5, 5.41) is 9.12. The molecule has 44 heavy (non-hydrogen) atoms. The van der Waals surface area contributed by atoms with Gasteiger partial charge in [-0.05, 0) is 57.4 Å². The molecule has 2 aliphatic rings. The largest absolute Gasteiger partial charge is 0.467 e. The normalized spacial score (nSPS) is 18.3. The molecular weight excluding hydrogens is 606 g/mol. The number of hydrogen-bond donors (Lipinski definition) is 1. The first-order chi connectivity index (χ1) is 20.9. The standard InChI is InChI=1S/C23H18F5N5OS.C7H12FN/c1-4-33(5-2)21-11-8-13(23(26,27)28)16(17(25)18(11)31-22(32-21)34-3)10-6-7-14(24)19-15(10)12(9-29)20(30)35-19;8-6-4-7-2-1-3-9(7)5-6/h6-8H,4-5,30H2,1-3H3;6-7H,1-5H2. The third kappa shape index (κ3) is 5.59. The van der Waals surface area contributed by atoms with Gasteiger partial charge < -0.3 is 15.4 Å². The zero-order valence-corrected chi connectivity index (χ0v) is 25.1. The maximum Gasteiger partial charge on any atom is 0.417 e. The van der Waals surface area contributed by atoms with E-state index in [0.717, 1.165) is 31.2 Å². The Morgan fingerprint density at radius 1 is 1.20 bits per heavy atom. The van der Waals surface area contributed by atoms with Crippen molar-refractivity contribution in [2.45, 2.75) is 51.5 Å². The lowest BCUT2D eigenvalue weighted by Crippen LogP contribution is -2.24. The van der Waals surface area contributed by atoms with E-state index in [1.165, 1.54) is 20.0 Å². The van der Waals surface area contributed by atoms with Gasteiger partial charge in [-0.3, -0.25) is 4.90 Å². The van der Waals surface area contributed by atoms with Crippen LogP contribution in [0.2, 0.25) is 0 Å². The summed E-state index contributed by atoms with van der Waals surface area (Å²) in [5.41, 5.74) is 2.70. The number of hydrogen-bond acceptors (Lipinski definition) is 8. The molecule has 0 aliphatic carbocycles. The van der Waals surface area contributed by atoms with E-state index in [1.54, 1.807) is 24.8 Å². The number of nitriles is 1. The summed E-state index contributed by atoms with van der Waals surface area (Å²) < 4.78 is 91.2. The van der Waals surface area contributed by atoms with Gasteiger partial charge >= 0.3 is 12.2 Å². The molecule has 2 fully saturated rings. The molecule has 0 bridgehead atoms. The molecule has 4 aromatic rings. The molecule has 2 saturated heterocycles. The van der Waals surface area contributed by atoms with Gasteiger partial charge in [-0.2, -0.15) is 28.4 Å². The summed E-state index contributed by atoms with van der Waals surface area (Å²) in [5.74, 6) is -2.01. The van der Waals surface area contributed by atoms with Crippen LogP contribution in [0.15, 0.2) is 18.2 Å². The number of aromatic nitrogens is 2. The van der Waals surface area contributed by atoms with E-state index in [0.29, 0.717) is 37.0 Å². The van der Waals surface area contributed by atoms with Gasteiger partial charge in [0.15, 0.2) is 5.82 Å². The van der Waals surface area contributed by atoms with E-state index in [1.807, 2.05) is 0 Å². The molecule has 4 heterocycles. The molecule has 14 heteroatoms. The predicted molar refractivity (Wildman–Crippen MR) is 159 cm³/mol. The van der Waals surface area contributed by atoms with E-state index in [-0.39, 0.29) is 43.4 Å². The zero-order chi connectivity index (χ0) is 31.9. The maximum absolute atomic E-state index is 16.1. The Morgan fingerprint density at radius 2 is 1.93 bits per heavy atom. The maximum atomic E-state index is 16.1. The van der Waals surface area contributed by atoms with Crippen LogP contribution in [0.25, 0.3) is 32.1 Å². The number of benzene rings is 2. The van der Waals surface area contributed by atoms with E-state index in [2.05, 4.69) is 14.9 Å². The fraction of sp³-hybridized carbons (Fsp3) is 0.433. The fourth-order valence-electron chi connectivity index (χ4n) is 6.07. The first-order valence-corrected chi connectivity index (χ1v) is 14.9. The summed E-state index contributed by atoms with van der Waals surface area (Å²) in [6.45, 7) is 6.18. The lowest BCUT2D eigenvalue weighted by atomic mass is 9.92. The molecule has 2 aromatic carbocycles. The molecule has 0 saturated carbocycles. The number of anilines is 2. The second kappa shape index (κ2) is 12.3. The van der Waals surface area contributed by atoms with Crippen LogP contribution in [0.1, 0.15) is 44.2 Å². The minimum atomic E-state index is -5.00. The third-order valence-corrected chi connectivity index (χ3v) is 9.13. The molecule has 2 aliphatic heterocycles. The van der Waals surface area contributed by atoms with Crippen molar-refractivity contribution in [2.24, 2.45) is 0 Å². The fourth-order valence-corrected chi connectivity index (χ4v) is 7.02. The van der Waals surface area contributed by atoms with Gasteiger partial charge in [0.1, 0.15) is 34.4 Å². The SMILES string of the molecule is CCN(CC)c1nc(OC)nc2c(F)c(-c3ccc(F)c4sc(N)c(C#N)c34)c(C(F)(F)F)cc12.FC1CC2CCCN2C1. The lowest BCUT2D eigenvalue weighted by Gasteiger charge is -2.23. The number of nitrogens with two attached hydrogens (primary N) is 1. The van der Waals surface area contributed by atoms with Crippen LogP contribution in [0.4, 0.5) is 37.2 Å². The number of fused-ring (bicyclic) bond motifs is 3. The Morgan fingerprint density at radius 3 is 2.55 bits per heavy atom. The quantitative estimate of drug-likeness (QED) is 0.230. The van der Waals surface area contributed by atoms with Crippen molar-refractivity contribution in [3.8, 4) is 23.2 Å². The van der Waals surface area contributed by atoms with E-state index >= 15 is 4.39 Å². The van der Waals surface area contributed by atoms with Gasteiger partial charge in [0, 0.05) is 42.0 Å². The number of halogens is 6. The van der Waals surface area contributed by atoms with Crippen molar-refractivity contribution in [3.05, 3.63) is 41.0 Å². The van der Waals surface area contributed by atoms with Crippen LogP contribution >= 0.6 is 11.3 Å². The van der Waals surface area contributed by atoms with E-state index < -0.39 is 40.6 Å². The smallest absolute Gasteiger partial charge is 0.417 e. The van der Waals surface area contributed by atoms with Crippen LogP contribution in [0, 0.1) is 23.0 Å². The molecule has 234 valence electrons. The first kappa shape index (κ1) is 31.6. The summed E-state index contributed by atoms with van der Waals surface area (Å²) in [4.78, 5) is 12.1. The predicted octanol–water partition coefficient (Wildman–Crippen LogP) is 7.31. The highest BCUT2D eigenvalue weighted by Crippen LogP contribution is 2.48. The van der Waals surface area contributed by atoms with Crippen molar-refractivity contribution < 1.29 is 31.1 Å². The number of alkyl halides is 4. The number of nitrogen functional groups attached to an aromatic ring is 1. The van der Waals surface area contributed by atoms with Gasteiger partial charge in [-0.15, -0.1) is 11.3 Å². The number of rotatable bonds is 5. The van der Waals surface area contributed by atoms with Crippen LogP contribution in [-0.2, 0) is 6.18 Å². The zero-order valence-electron chi connectivity index (χ0n) is 24.2. The van der Waals surface area contributed by atoms with Gasteiger partial charge in [-0.1, -0.05) is 6.07 Å². The Kier molecular flexibility index (Phi) is 8.82. The number of thiophene rings is 1. The van der Waals surface area contributed by atoms with Crippen LogP contribution < -0.4 is 15.4 Å². The lowest BCUT2D eigenvalue weighted by molar-refractivity contribution is -0.137. The summed E-state index contributed by atoms with van der Waals surface area (Å²) in [6, 6.07) is 4.87. The molecule has 2 atom stereocenters. The highest BCUT2D eigenvalue weighted by molar-refractivity contribution is 7.23. The molecule has 0 amide bonds. The number of nitrogens with zero attached hydrogens (tertiary/aromatic N) is 5. The Labute approximate surface area is 253 Å². The van der Waals surface area contributed by atoms with Crippen molar-refractivity contribution >= 4 is 43.1 Å². The molecule has 7 nitrogen and oxygen atoms in total. The monoisotopic (exact) mass is 636 g/mol. The molecule has 2 aromatic heterocycles. The minimum Gasteiger partial charge on any atom is -0.467 e. The van der Waals surface area contributed by atoms with Crippen LogP contribution in [-0.4, -0.2) is 60.4 Å². The number of methoxy groups -OCH3 is 1. The van der Waals surface area contributed by atoms with E-state index in [4.69, 9.17) is 10.5 Å². The van der Waals surface area contributed by atoms with Crippen molar-refractivity contribution in [1.82, 2.24) is 14.9 Å².